The number of nitrogens with zero attached hydrogens (tertiary/aromatic N) is 3. The van der Waals surface area contributed by atoms with Crippen molar-refractivity contribution in [3.63, 3.8) is 0 Å². The van der Waals surface area contributed by atoms with Gasteiger partial charge in [-0.05, 0) is 72.8 Å². The fourth-order valence-corrected chi connectivity index (χ4v) is 4.46. The summed E-state index contributed by atoms with van der Waals surface area (Å²) in [7, 11) is 0. The molecular formula is C30H22N4. The Labute approximate surface area is 199 Å². The number of rotatable bonds is 3. The van der Waals surface area contributed by atoms with Crippen LogP contribution in [0.4, 0.5) is 39.8 Å². The van der Waals surface area contributed by atoms with Crippen molar-refractivity contribution in [3.05, 3.63) is 127 Å². The van der Waals surface area contributed by atoms with Gasteiger partial charge in [0.1, 0.15) is 0 Å². The quantitative estimate of drug-likeness (QED) is 0.289. The van der Waals surface area contributed by atoms with Crippen molar-refractivity contribution in [1.29, 1.82) is 5.41 Å². The van der Waals surface area contributed by atoms with Gasteiger partial charge in [0.2, 0.25) is 0 Å². The molecule has 1 aliphatic heterocycles. The highest BCUT2D eigenvalue weighted by molar-refractivity contribution is 6.50. The zero-order chi connectivity index (χ0) is 22.9. The van der Waals surface area contributed by atoms with Gasteiger partial charge in [-0.3, -0.25) is 5.41 Å². The van der Waals surface area contributed by atoms with E-state index < -0.39 is 0 Å². The van der Waals surface area contributed by atoms with Crippen LogP contribution in [-0.4, -0.2) is 11.4 Å². The molecule has 2 aliphatic rings. The number of benzene rings is 4. The second-order valence-corrected chi connectivity index (χ2v) is 8.13. The first-order valence-electron chi connectivity index (χ1n) is 11.3. The maximum atomic E-state index is 8.07. The Kier molecular flexibility index (Phi) is 4.89. The molecule has 0 fully saturated rings. The maximum absolute atomic E-state index is 8.07. The van der Waals surface area contributed by atoms with Crippen molar-refractivity contribution >= 4 is 51.2 Å². The van der Waals surface area contributed by atoms with Gasteiger partial charge in [-0.15, -0.1) is 0 Å². The van der Waals surface area contributed by atoms with Gasteiger partial charge in [-0.1, -0.05) is 54.6 Å². The summed E-state index contributed by atoms with van der Waals surface area (Å²) in [4.78, 5) is 9.27. The molecule has 0 saturated heterocycles. The Morgan fingerprint density at radius 3 is 1.50 bits per heavy atom. The SMILES string of the molecule is N=C1C=CC=CC1=Nc1ccc(N2c3ccccc3N(c3ccccc3)c3ccccc32)cc1. The third-order valence-electron chi connectivity index (χ3n) is 6.00. The summed E-state index contributed by atoms with van der Waals surface area (Å²) < 4.78 is 0. The lowest BCUT2D eigenvalue weighted by molar-refractivity contribution is 1.17. The average molecular weight is 439 g/mol. The van der Waals surface area contributed by atoms with Crippen molar-refractivity contribution in [2.75, 3.05) is 9.80 Å². The molecule has 4 aromatic rings. The lowest BCUT2D eigenvalue weighted by Gasteiger charge is -2.40. The van der Waals surface area contributed by atoms with E-state index in [1.807, 2.05) is 36.4 Å². The number of hydrogen-bond acceptors (Lipinski definition) is 4. The van der Waals surface area contributed by atoms with E-state index in [-0.39, 0.29) is 0 Å². The fourth-order valence-electron chi connectivity index (χ4n) is 4.46. The summed E-state index contributed by atoms with van der Waals surface area (Å²) >= 11 is 0. The predicted molar refractivity (Wildman–Crippen MR) is 142 cm³/mol. The maximum Gasteiger partial charge on any atom is 0.0886 e. The summed E-state index contributed by atoms with van der Waals surface area (Å²) in [5.41, 5.74) is 8.60. The smallest absolute Gasteiger partial charge is 0.0886 e. The number of para-hydroxylation sites is 5. The molecule has 0 bridgehead atoms. The van der Waals surface area contributed by atoms with E-state index in [0.717, 1.165) is 39.8 Å². The van der Waals surface area contributed by atoms with E-state index in [9.17, 15) is 0 Å². The molecule has 0 aromatic heterocycles. The van der Waals surface area contributed by atoms with Crippen LogP contribution in [0.5, 0.6) is 0 Å². The molecule has 4 aromatic carbocycles. The molecule has 6 rings (SSSR count). The van der Waals surface area contributed by atoms with E-state index in [2.05, 4.69) is 99.7 Å². The van der Waals surface area contributed by atoms with Gasteiger partial charge >= 0.3 is 0 Å². The Bertz CT molecular complexity index is 1420. The highest BCUT2D eigenvalue weighted by Gasteiger charge is 2.29. The standard InChI is InChI=1S/C30H22N4/c31-25-12-4-5-13-26(25)32-22-18-20-24(21-19-22)34-29-16-8-6-14-27(29)33(23-10-2-1-3-11-23)28-15-7-9-17-30(28)34/h1-21,31H. The molecule has 1 aliphatic carbocycles. The van der Waals surface area contributed by atoms with Crippen LogP contribution in [0.3, 0.4) is 0 Å². The first kappa shape index (κ1) is 19.9. The van der Waals surface area contributed by atoms with Crippen LogP contribution >= 0.6 is 0 Å². The van der Waals surface area contributed by atoms with Crippen molar-refractivity contribution < 1.29 is 0 Å². The molecule has 4 heteroatoms. The van der Waals surface area contributed by atoms with Gasteiger partial charge in [0, 0.05) is 11.4 Å². The van der Waals surface area contributed by atoms with E-state index in [0.29, 0.717) is 11.4 Å². The third-order valence-corrected chi connectivity index (χ3v) is 6.00. The van der Waals surface area contributed by atoms with Crippen LogP contribution < -0.4 is 9.80 Å². The number of fused-ring (bicyclic) bond motifs is 2. The summed E-state index contributed by atoms with van der Waals surface area (Å²) in [6, 6.07) is 35.7. The van der Waals surface area contributed by atoms with Gasteiger partial charge in [-0.2, -0.15) is 0 Å². The van der Waals surface area contributed by atoms with E-state index in [1.54, 1.807) is 6.08 Å². The molecular weight excluding hydrogens is 416 g/mol. The largest absolute Gasteiger partial charge is 0.306 e. The lowest BCUT2D eigenvalue weighted by atomic mass is 10.0. The monoisotopic (exact) mass is 438 g/mol. The van der Waals surface area contributed by atoms with Gasteiger partial charge in [0.05, 0.1) is 39.9 Å². The molecule has 4 nitrogen and oxygen atoms in total. The molecule has 1 N–H and O–H groups in total. The molecule has 0 amide bonds. The Balaban J connectivity index is 1.45. The summed E-state index contributed by atoms with van der Waals surface area (Å²) in [5, 5.41) is 8.07. The lowest BCUT2D eigenvalue weighted by Crippen LogP contribution is -2.23. The number of aliphatic imine (C=N–C) groups is 1. The van der Waals surface area contributed by atoms with Crippen LogP contribution in [0.1, 0.15) is 0 Å². The van der Waals surface area contributed by atoms with Gasteiger partial charge in [-0.25, -0.2) is 4.99 Å². The Hall–Kier alpha value is -4.70. The number of nitrogens with one attached hydrogen (secondary N) is 1. The van der Waals surface area contributed by atoms with E-state index in [1.165, 1.54) is 0 Å². The fraction of sp³-hybridized carbons (Fsp3) is 0. The second-order valence-electron chi connectivity index (χ2n) is 8.13. The molecule has 1 heterocycles. The van der Waals surface area contributed by atoms with Crippen LogP contribution in [-0.2, 0) is 0 Å². The van der Waals surface area contributed by atoms with Crippen LogP contribution in [0.25, 0.3) is 0 Å². The zero-order valence-corrected chi connectivity index (χ0v) is 18.5. The molecule has 0 radical (unpaired) electrons. The second kappa shape index (κ2) is 8.34. The van der Waals surface area contributed by atoms with Gasteiger partial charge in [0.25, 0.3) is 0 Å². The number of anilines is 6. The highest BCUT2D eigenvalue weighted by Crippen LogP contribution is 2.53. The van der Waals surface area contributed by atoms with Gasteiger partial charge in [0.15, 0.2) is 0 Å². The average Bonchev–Trinajstić information content (AvgIpc) is 2.89. The van der Waals surface area contributed by atoms with Crippen molar-refractivity contribution in [3.8, 4) is 0 Å². The molecule has 0 spiro atoms. The van der Waals surface area contributed by atoms with Crippen LogP contribution in [0.15, 0.2) is 132 Å². The van der Waals surface area contributed by atoms with Crippen LogP contribution in [0, 0.1) is 5.41 Å². The summed E-state index contributed by atoms with van der Waals surface area (Å²) in [6.45, 7) is 0. The molecule has 0 saturated carbocycles. The normalized spacial score (nSPS) is 15.4. The van der Waals surface area contributed by atoms with E-state index >= 15 is 0 Å². The number of allylic oxidation sites excluding steroid dienone is 4. The third kappa shape index (κ3) is 3.42. The Morgan fingerprint density at radius 1 is 0.500 bits per heavy atom. The minimum atomic E-state index is 0.423. The minimum absolute atomic E-state index is 0.423. The molecule has 0 unspecified atom stereocenters. The van der Waals surface area contributed by atoms with E-state index in [4.69, 9.17) is 5.41 Å². The van der Waals surface area contributed by atoms with Crippen molar-refractivity contribution in [2.45, 2.75) is 0 Å². The molecule has 162 valence electrons. The zero-order valence-electron chi connectivity index (χ0n) is 18.5. The highest BCUT2D eigenvalue weighted by atomic mass is 15.3. The topological polar surface area (TPSA) is 42.7 Å². The van der Waals surface area contributed by atoms with Crippen molar-refractivity contribution in [1.82, 2.24) is 0 Å². The predicted octanol–water partition coefficient (Wildman–Crippen LogP) is 8.16. The molecule has 0 atom stereocenters. The van der Waals surface area contributed by atoms with Crippen LogP contribution in [0.2, 0.25) is 0 Å². The molecule has 34 heavy (non-hydrogen) atoms. The van der Waals surface area contributed by atoms with Crippen molar-refractivity contribution in [2.24, 2.45) is 4.99 Å². The first-order valence-corrected chi connectivity index (χ1v) is 11.3. The minimum Gasteiger partial charge on any atom is -0.306 e. The Morgan fingerprint density at radius 2 is 0.971 bits per heavy atom. The summed E-state index contributed by atoms with van der Waals surface area (Å²) in [5.74, 6) is 0. The first-order chi connectivity index (χ1) is 16.8. The summed E-state index contributed by atoms with van der Waals surface area (Å²) in [6.07, 6.45) is 7.39. The number of hydrogen-bond donors (Lipinski definition) is 1. The van der Waals surface area contributed by atoms with Gasteiger partial charge < -0.3 is 9.80 Å².